The lowest BCUT2D eigenvalue weighted by Crippen LogP contribution is -2.26. The van der Waals surface area contributed by atoms with Crippen molar-refractivity contribution < 1.29 is 14.3 Å². The van der Waals surface area contributed by atoms with Crippen molar-refractivity contribution in [3.05, 3.63) is 39.9 Å². The highest BCUT2D eigenvalue weighted by Crippen LogP contribution is 2.36. The van der Waals surface area contributed by atoms with Gasteiger partial charge in [-0.3, -0.25) is 14.5 Å². The number of H-pyrrole nitrogens is 1. The zero-order valence-electron chi connectivity index (χ0n) is 16.1. The number of aromatic amines is 1. The van der Waals surface area contributed by atoms with Crippen molar-refractivity contribution in [2.24, 2.45) is 0 Å². The van der Waals surface area contributed by atoms with Crippen LogP contribution >= 0.6 is 23.6 Å². The van der Waals surface area contributed by atoms with Crippen LogP contribution in [0.25, 0.3) is 10.6 Å². The molecule has 1 saturated carbocycles. The SMILES string of the molecule is COc1ccc(-c2nc(CC(=O)NCc3n[nH]c(=S)n3C3CC3)cs2)cc1OC. The number of carbonyl (C=O) groups is 1. The molecule has 29 heavy (non-hydrogen) atoms. The average molecular weight is 432 g/mol. The monoisotopic (exact) mass is 431 g/mol. The van der Waals surface area contributed by atoms with Gasteiger partial charge in [-0.05, 0) is 43.3 Å². The van der Waals surface area contributed by atoms with Crippen molar-refractivity contribution in [2.45, 2.75) is 31.8 Å². The lowest BCUT2D eigenvalue weighted by atomic mass is 10.2. The molecule has 0 radical (unpaired) electrons. The van der Waals surface area contributed by atoms with E-state index in [1.165, 1.54) is 11.3 Å². The smallest absolute Gasteiger partial charge is 0.226 e. The molecule has 2 N–H and O–H groups in total. The van der Waals surface area contributed by atoms with Crippen molar-refractivity contribution >= 4 is 29.5 Å². The summed E-state index contributed by atoms with van der Waals surface area (Å²) >= 11 is 6.75. The first-order chi connectivity index (χ1) is 14.1. The van der Waals surface area contributed by atoms with Gasteiger partial charge in [-0.2, -0.15) is 5.10 Å². The summed E-state index contributed by atoms with van der Waals surface area (Å²) in [6.45, 7) is 0.342. The average Bonchev–Trinajstić information content (AvgIpc) is 3.34. The summed E-state index contributed by atoms with van der Waals surface area (Å²) in [6, 6.07) is 6.05. The van der Waals surface area contributed by atoms with Crippen LogP contribution in [0.1, 0.15) is 30.4 Å². The first-order valence-corrected chi connectivity index (χ1v) is 10.5. The zero-order chi connectivity index (χ0) is 20.4. The maximum atomic E-state index is 12.4. The Morgan fingerprint density at radius 3 is 2.86 bits per heavy atom. The van der Waals surface area contributed by atoms with Gasteiger partial charge >= 0.3 is 0 Å². The van der Waals surface area contributed by atoms with Gasteiger partial charge in [0.15, 0.2) is 22.1 Å². The first-order valence-electron chi connectivity index (χ1n) is 9.18. The maximum absolute atomic E-state index is 12.4. The summed E-state index contributed by atoms with van der Waals surface area (Å²) in [6.07, 6.45) is 2.41. The number of carbonyl (C=O) groups excluding carboxylic acids is 1. The maximum Gasteiger partial charge on any atom is 0.226 e. The summed E-state index contributed by atoms with van der Waals surface area (Å²) in [5.41, 5.74) is 1.64. The third-order valence-electron chi connectivity index (χ3n) is 4.66. The molecule has 10 heteroatoms. The summed E-state index contributed by atoms with van der Waals surface area (Å²) < 4.78 is 13.2. The first kappa shape index (κ1) is 19.6. The molecule has 1 aliphatic carbocycles. The molecule has 0 unspecified atom stereocenters. The molecule has 152 valence electrons. The zero-order valence-corrected chi connectivity index (χ0v) is 17.7. The number of thiazole rings is 1. The molecule has 0 aliphatic heterocycles. The van der Waals surface area contributed by atoms with Gasteiger partial charge in [-0.15, -0.1) is 11.3 Å². The standard InChI is InChI=1S/C19H21N5O3S2/c1-26-14-6-3-11(7-15(14)27-2)18-21-12(10-29-18)8-17(25)20-9-16-22-23-19(28)24(16)13-4-5-13/h3,6-7,10,13H,4-5,8-9H2,1-2H3,(H,20,25)(H,23,28). The Morgan fingerprint density at radius 2 is 2.14 bits per heavy atom. The number of hydrogen-bond acceptors (Lipinski definition) is 7. The molecule has 1 aromatic carbocycles. The number of methoxy groups -OCH3 is 2. The Balaban J connectivity index is 1.39. The Labute approximate surface area is 176 Å². The predicted molar refractivity (Wildman–Crippen MR) is 112 cm³/mol. The lowest BCUT2D eigenvalue weighted by molar-refractivity contribution is -0.120. The van der Waals surface area contributed by atoms with Crippen LogP contribution in [0, 0.1) is 4.77 Å². The minimum Gasteiger partial charge on any atom is -0.493 e. The van der Waals surface area contributed by atoms with Crippen molar-refractivity contribution in [1.82, 2.24) is 25.1 Å². The van der Waals surface area contributed by atoms with Crippen molar-refractivity contribution in [2.75, 3.05) is 14.2 Å². The number of nitrogens with zero attached hydrogens (tertiary/aromatic N) is 3. The highest BCUT2D eigenvalue weighted by molar-refractivity contribution is 7.71. The number of rotatable bonds is 8. The predicted octanol–water partition coefficient (Wildman–Crippen LogP) is 3.28. The van der Waals surface area contributed by atoms with Gasteiger partial charge in [0.1, 0.15) is 5.01 Å². The van der Waals surface area contributed by atoms with Gasteiger partial charge in [-0.1, -0.05) is 0 Å². The van der Waals surface area contributed by atoms with E-state index in [1.807, 2.05) is 28.1 Å². The molecular weight excluding hydrogens is 410 g/mol. The second-order valence-electron chi connectivity index (χ2n) is 6.71. The van der Waals surface area contributed by atoms with E-state index in [4.69, 9.17) is 21.7 Å². The van der Waals surface area contributed by atoms with Crippen LogP contribution in [-0.2, 0) is 17.8 Å². The molecule has 0 saturated heterocycles. The van der Waals surface area contributed by atoms with Crippen molar-refractivity contribution in [3.63, 3.8) is 0 Å². The second kappa shape index (κ2) is 8.34. The fraction of sp³-hybridized carbons (Fsp3) is 0.368. The number of ether oxygens (including phenoxy) is 2. The topological polar surface area (TPSA) is 94.1 Å². The van der Waals surface area contributed by atoms with E-state index < -0.39 is 0 Å². The summed E-state index contributed by atoms with van der Waals surface area (Å²) in [4.78, 5) is 16.9. The number of hydrogen-bond donors (Lipinski definition) is 2. The molecule has 4 rings (SSSR count). The van der Waals surface area contributed by atoms with Crippen LogP contribution in [0.5, 0.6) is 11.5 Å². The summed E-state index contributed by atoms with van der Waals surface area (Å²) in [7, 11) is 3.20. The van der Waals surface area contributed by atoms with Gasteiger partial charge in [0.25, 0.3) is 0 Å². The molecule has 2 aromatic heterocycles. The van der Waals surface area contributed by atoms with E-state index in [0.717, 1.165) is 34.9 Å². The molecule has 1 aliphatic rings. The molecule has 0 atom stereocenters. The fourth-order valence-electron chi connectivity index (χ4n) is 3.07. The van der Waals surface area contributed by atoms with Gasteiger partial charge in [0.05, 0.1) is 32.9 Å². The van der Waals surface area contributed by atoms with Gasteiger partial charge in [0, 0.05) is 17.0 Å². The Kier molecular flexibility index (Phi) is 5.63. The minimum absolute atomic E-state index is 0.106. The Morgan fingerprint density at radius 1 is 1.34 bits per heavy atom. The number of amides is 1. The van der Waals surface area contributed by atoms with E-state index >= 15 is 0 Å². The quantitative estimate of drug-likeness (QED) is 0.532. The number of aromatic nitrogens is 4. The highest BCUT2D eigenvalue weighted by Gasteiger charge is 2.27. The van der Waals surface area contributed by atoms with Crippen LogP contribution in [0.2, 0.25) is 0 Å². The molecule has 0 spiro atoms. The largest absolute Gasteiger partial charge is 0.493 e. The number of nitrogens with one attached hydrogen (secondary N) is 2. The van der Waals surface area contributed by atoms with Crippen LogP contribution in [0.4, 0.5) is 0 Å². The molecule has 1 fully saturated rings. The Bertz CT molecular complexity index is 1080. The number of benzene rings is 1. The third kappa shape index (κ3) is 4.33. The molecule has 0 bridgehead atoms. The van der Waals surface area contributed by atoms with Gasteiger partial charge in [-0.25, -0.2) is 4.98 Å². The third-order valence-corrected chi connectivity index (χ3v) is 5.89. The summed E-state index contributed by atoms with van der Waals surface area (Å²) in [5, 5.41) is 12.7. The van der Waals surface area contributed by atoms with Gasteiger partial charge < -0.3 is 14.8 Å². The van der Waals surface area contributed by atoms with E-state index in [2.05, 4.69) is 20.5 Å². The van der Waals surface area contributed by atoms with E-state index in [0.29, 0.717) is 28.9 Å². The van der Waals surface area contributed by atoms with E-state index in [9.17, 15) is 4.79 Å². The molecule has 1 amide bonds. The second-order valence-corrected chi connectivity index (χ2v) is 7.96. The van der Waals surface area contributed by atoms with Crippen LogP contribution < -0.4 is 14.8 Å². The van der Waals surface area contributed by atoms with Crippen molar-refractivity contribution in [3.8, 4) is 22.1 Å². The van der Waals surface area contributed by atoms with Crippen LogP contribution in [0.15, 0.2) is 23.6 Å². The molecule has 3 aromatic rings. The lowest BCUT2D eigenvalue weighted by Gasteiger charge is -2.08. The van der Waals surface area contributed by atoms with Crippen LogP contribution in [-0.4, -0.2) is 39.9 Å². The fourth-order valence-corrected chi connectivity index (χ4v) is 4.18. The van der Waals surface area contributed by atoms with Crippen molar-refractivity contribution in [1.29, 1.82) is 0 Å². The Hall–Kier alpha value is -2.72. The minimum atomic E-state index is -0.106. The molecular formula is C19H21N5O3S2. The van der Waals surface area contributed by atoms with Gasteiger partial charge in [0.2, 0.25) is 5.91 Å². The molecule has 2 heterocycles. The van der Waals surface area contributed by atoms with Crippen LogP contribution in [0.3, 0.4) is 0 Å². The normalized spacial score (nSPS) is 13.3. The molecule has 8 nitrogen and oxygen atoms in total. The highest BCUT2D eigenvalue weighted by atomic mass is 32.1. The summed E-state index contributed by atoms with van der Waals surface area (Å²) in [5.74, 6) is 1.96. The van der Waals surface area contributed by atoms with E-state index in [1.54, 1.807) is 14.2 Å². The van der Waals surface area contributed by atoms with E-state index in [-0.39, 0.29) is 12.3 Å².